The van der Waals surface area contributed by atoms with Gasteiger partial charge in [0.2, 0.25) is 5.95 Å². The molecular weight excluding hydrogens is 385 g/mol. The number of anilines is 1. The number of rotatable bonds is 6. The molecular formula is C20H17F3N4O2. The standard InChI is InChI=1S/C20H17F3N4O2/c1-2-28-18-9-13(5-8-17(18)29-19(22)23)16-10-15(12-3-6-14(21)7-4-12)26-20-24-11-25-27(16)20/h3-11,16,19H,2H2,1H3,(H,24,25,26)/t16-/m0/s1. The number of aromatic nitrogens is 3. The molecule has 0 fully saturated rings. The highest BCUT2D eigenvalue weighted by atomic mass is 19.3. The lowest BCUT2D eigenvalue weighted by atomic mass is 10.0. The zero-order valence-electron chi connectivity index (χ0n) is 15.3. The fourth-order valence-corrected chi connectivity index (χ4v) is 3.14. The molecule has 4 rings (SSSR count). The summed E-state index contributed by atoms with van der Waals surface area (Å²) in [5, 5.41) is 7.41. The number of hydrogen-bond acceptors (Lipinski definition) is 5. The number of ether oxygens (including phenoxy) is 2. The van der Waals surface area contributed by atoms with Crippen molar-refractivity contribution in [2.45, 2.75) is 19.6 Å². The van der Waals surface area contributed by atoms with Gasteiger partial charge in [-0.2, -0.15) is 18.9 Å². The lowest BCUT2D eigenvalue weighted by Crippen LogP contribution is -2.20. The Labute approximate surface area is 164 Å². The minimum atomic E-state index is -2.95. The average molecular weight is 402 g/mol. The van der Waals surface area contributed by atoms with Crippen LogP contribution in [0.4, 0.5) is 19.1 Å². The number of nitrogens with one attached hydrogen (secondary N) is 1. The van der Waals surface area contributed by atoms with E-state index in [1.165, 1.54) is 24.5 Å². The SMILES string of the molecule is CCOc1cc([C@@H]2C=C(c3ccc(F)cc3)Nc3ncnn32)ccc1OC(F)F. The van der Waals surface area contributed by atoms with Gasteiger partial charge in [0.15, 0.2) is 11.5 Å². The number of nitrogens with zero attached hydrogens (tertiary/aromatic N) is 3. The summed E-state index contributed by atoms with van der Waals surface area (Å²) in [7, 11) is 0. The minimum absolute atomic E-state index is 0.0407. The van der Waals surface area contributed by atoms with E-state index in [1.54, 1.807) is 35.9 Å². The molecule has 0 spiro atoms. The van der Waals surface area contributed by atoms with Gasteiger partial charge in [-0.3, -0.25) is 0 Å². The topological polar surface area (TPSA) is 61.2 Å². The van der Waals surface area contributed by atoms with E-state index in [-0.39, 0.29) is 23.4 Å². The Balaban J connectivity index is 1.76. The normalized spacial score (nSPS) is 15.5. The van der Waals surface area contributed by atoms with Gasteiger partial charge in [-0.1, -0.05) is 6.07 Å². The lowest BCUT2D eigenvalue weighted by molar-refractivity contribution is -0.0514. The maximum Gasteiger partial charge on any atom is 0.387 e. The molecule has 150 valence electrons. The van der Waals surface area contributed by atoms with Crippen LogP contribution in [0.1, 0.15) is 24.1 Å². The van der Waals surface area contributed by atoms with Gasteiger partial charge < -0.3 is 14.8 Å². The predicted molar refractivity (Wildman–Crippen MR) is 100 cm³/mol. The highest BCUT2D eigenvalue weighted by Crippen LogP contribution is 2.37. The fraction of sp³-hybridized carbons (Fsp3) is 0.200. The van der Waals surface area contributed by atoms with Crippen molar-refractivity contribution in [3.05, 3.63) is 71.8 Å². The van der Waals surface area contributed by atoms with E-state index in [0.29, 0.717) is 12.6 Å². The van der Waals surface area contributed by atoms with Crippen molar-refractivity contribution in [2.24, 2.45) is 0 Å². The summed E-state index contributed by atoms with van der Waals surface area (Å²) < 4.78 is 50.3. The molecule has 9 heteroatoms. The molecule has 2 aromatic carbocycles. The molecule has 0 amide bonds. The van der Waals surface area contributed by atoms with Crippen LogP contribution in [0.2, 0.25) is 0 Å². The van der Waals surface area contributed by atoms with Crippen LogP contribution in [0, 0.1) is 5.82 Å². The monoisotopic (exact) mass is 402 g/mol. The van der Waals surface area contributed by atoms with Gasteiger partial charge in [-0.05, 0) is 60.5 Å². The first kappa shape index (κ1) is 18.9. The Hall–Kier alpha value is -3.49. The first-order valence-corrected chi connectivity index (χ1v) is 8.91. The van der Waals surface area contributed by atoms with Gasteiger partial charge in [-0.15, -0.1) is 0 Å². The molecule has 1 aliphatic rings. The van der Waals surface area contributed by atoms with Crippen LogP contribution in [0.5, 0.6) is 11.5 Å². The summed E-state index contributed by atoms with van der Waals surface area (Å²) in [5.74, 6) is 0.340. The third-order valence-electron chi connectivity index (χ3n) is 4.39. The van der Waals surface area contributed by atoms with E-state index in [2.05, 4.69) is 20.1 Å². The average Bonchev–Trinajstić information content (AvgIpc) is 3.18. The van der Waals surface area contributed by atoms with Crippen LogP contribution in [-0.2, 0) is 0 Å². The summed E-state index contributed by atoms with van der Waals surface area (Å²) in [4.78, 5) is 4.21. The molecule has 0 saturated heterocycles. The van der Waals surface area contributed by atoms with E-state index < -0.39 is 6.61 Å². The van der Waals surface area contributed by atoms with Crippen molar-refractivity contribution in [2.75, 3.05) is 11.9 Å². The van der Waals surface area contributed by atoms with E-state index in [1.807, 2.05) is 6.08 Å². The van der Waals surface area contributed by atoms with Crippen molar-refractivity contribution >= 4 is 11.6 Å². The maximum atomic E-state index is 13.3. The number of halogens is 3. The Morgan fingerprint density at radius 3 is 2.66 bits per heavy atom. The van der Waals surface area contributed by atoms with Gasteiger partial charge in [0.05, 0.1) is 6.61 Å². The van der Waals surface area contributed by atoms with Crippen LogP contribution in [0.3, 0.4) is 0 Å². The number of allylic oxidation sites excluding steroid dienone is 1. The quantitative estimate of drug-likeness (QED) is 0.659. The molecule has 0 unspecified atom stereocenters. The number of benzene rings is 2. The summed E-state index contributed by atoms with van der Waals surface area (Å²) in [5.41, 5.74) is 2.23. The molecule has 1 aliphatic heterocycles. The van der Waals surface area contributed by atoms with Crippen LogP contribution < -0.4 is 14.8 Å². The summed E-state index contributed by atoms with van der Waals surface area (Å²) in [6, 6.07) is 10.4. The van der Waals surface area contributed by atoms with Crippen molar-refractivity contribution in [3.8, 4) is 11.5 Å². The molecule has 1 atom stereocenters. The van der Waals surface area contributed by atoms with Crippen LogP contribution in [0.15, 0.2) is 54.9 Å². The molecule has 2 heterocycles. The highest BCUT2D eigenvalue weighted by molar-refractivity contribution is 5.77. The lowest BCUT2D eigenvalue weighted by Gasteiger charge is -2.25. The predicted octanol–water partition coefficient (Wildman–Crippen LogP) is 4.47. The Kier molecular flexibility index (Phi) is 5.11. The second kappa shape index (κ2) is 7.86. The molecule has 1 N–H and O–H groups in total. The smallest absolute Gasteiger partial charge is 0.387 e. The number of alkyl halides is 2. The van der Waals surface area contributed by atoms with Crippen molar-refractivity contribution in [1.82, 2.24) is 14.8 Å². The fourth-order valence-electron chi connectivity index (χ4n) is 3.14. The molecule has 1 aromatic heterocycles. The third kappa shape index (κ3) is 3.89. The van der Waals surface area contributed by atoms with Crippen molar-refractivity contribution in [3.63, 3.8) is 0 Å². The van der Waals surface area contributed by atoms with E-state index in [4.69, 9.17) is 4.74 Å². The molecule has 6 nitrogen and oxygen atoms in total. The first-order valence-electron chi connectivity index (χ1n) is 8.91. The van der Waals surface area contributed by atoms with Crippen LogP contribution in [-0.4, -0.2) is 28.0 Å². The van der Waals surface area contributed by atoms with Gasteiger partial charge in [0.1, 0.15) is 18.2 Å². The summed E-state index contributed by atoms with van der Waals surface area (Å²) in [6.07, 6.45) is 3.31. The Bertz CT molecular complexity index is 1030. The van der Waals surface area contributed by atoms with Gasteiger partial charge in [0.25, 0.3) is 0 Å². The largest absolute Gasteiger partial charge is 0.490 e. The van der Waals surface area contributed by atoms with Crippen molar-refractivity contribution < 1.29 is 22.6 Å². The zero-order valence-corrected chi connectivity index (χ0v) is 15.3. The number of hydrogen-bond donors (Lipinski definition) is 1. The van der Waals surface area contributed by atoms with Crippen molar-refractivity contribution in [1.29, 1.82) is 0 Å². The molecule has 0 aliphatic carbocycles. The van der Waals surface area contributed by atoms with E-state index in [9.17, 15) is 13.2 Å². The molecule has 0 radical (unpaired) electrons. The van der Waals surface area contributed by atoms with E-state index >= 15 is 0 Å². The van der Waals surface area contributed by atoms with Crippen LogP contribution in [0.25, 0.3) is 5.70 Å². The Morgan fingerprint density at radius 1 is 1.14 bits per heavy atom. The maximum absolute atomic E-state index is 13.3. The van der Waals surface area contributed by atoms with Gasteiger partial charge in [0, 0.05) is 5.70 Å². The summed E-state index contributed by atoms with van der Waals surface area (Å²) >= 11 is 0. The third-order valence-corrected chi connectivity index (χ3v) is 4.39. The zero-order chi connectivity index (χ0) is 20.4. The molecule has 0 bridgehead atoms. The molecule has 0 saturated carbocycles. The van der Waals surface area contributed by atoms with Crippen LogP contribution >= 0.6 is 0 Å². The summed E-state index contributed by atoms with van der Waals surface area (Å²) in [6.45, 7) is -0.905. The highest BCUT2D eigenvalue weighted by Gasteiger charge is 2.25. The van der Waals surface area contributed by atoms with E-state index in [0.717, 1.165) is 16.8 Å². The number of fused-ring (bicyclic) bond motifs is 1. The van der Waals surface area contributed by atoms with Gasteiger partial charge in [-0.25, -0.2) is 9.07 Å². The molecule has 29 heavy (non-hydrogen) atoms. The second-order valence-electron chi connectivity index (χ2n) is 6.20. The minimum Gasteiger partial charge on any atom is -0.490 e. The second-order valence-corrected chi connectivity index (χ2v) is 6.20. The Morgan fingerprint density at radius 2 is 1.93 bits per heavy atom. The first-order chi connectivity index (χ1) is 14.0. The van der Waals surface area contributed by atoms with Gasteiger partial charge >= 0.3 is 6.61 Å². The molecule has 3 aromatic rings.